The van der Waals surface area contributed by atoms with Crippen LogP contribution < -0.4 is 5.32 Å². The van der Waals surface area contributed by atoms with Crippen molar-refractivity contribution in [1.29, 1.82) is 0 Å². The Labute approximate surface area is 125 Å². The number of rotatable bonds is 4. The quantitative estimate of drug-likeness (QED) is 0.897. The van der Waals surface area contributed by atoms with Gasteiger partial charge < -0.3 is 15.0 Å². The number of amides is 1. The Bertz CT molecular complexity index is 661. The molecule has 0 aromatic carbocycles. The second kappa shape index (κ2) is 6.37. The lowest BCUT2D eigenvalue weighted by atomic mass is 10.2. The Morgan fingerprint density at radius 2 is 2.45 bits per heavy atom. The normalized spacial score (nSPS) is 19.7. The van der Waals surface area contributed by atoms with Crippen LogP contribution in [0.15, 0.2) is 24.5 Å². The topological polar surface area (TPSA) is 70.2 Å². The highest BCUT2D eigenvalue weighted by atomic mass is 19.3. The van der Waals surface area contributed by atoms with E-state index in [0.717, 1.165) is 10.9 Å². The van der Waals surface area contributed by atoms with Crippen molar-refractivity contribution in [3.63, 3.8) is 0 Å². The van der Waals surface area contributed by atoms with Crippen molar-refractivity contribution in [2.45, 2.75) is 12.5 Å². The fourth-order valence-electron chi connectivity index (χ4n) is 2.50. The number of fused-ring (bicyclic) bond motifs is 1. The molecule has 118 valence electrons. The van der Waals surface area contributed by atoms with Crippen LogP contribution in [0.25, 0.3) is 10.9 Å². The van der Waals surface area contributed by atoms with E-state index in [4.69, 9.17) is 4.74 Å². The highest BCUT2D eigenvalue weighted by Gasteiger charge is 2.31. The van der Waals surface area contributed by atoms with Gasteiger partial charge >= 0.3 is 0 Å². The molecule has 0 bridgehead atoms. The molecule has 1 saturated heterocycles. The molecule has 1 aliphatic heterocycles. The van der Waals surface area contributed by atoms with E-state index in [1.54, 1.807) is 18.5 Å². The van der Waals surface area contributed by atoms with E-state index < -0.39 is 19.0 Å². The monoisotopic (exact) mass is 310 g/mol. The third-order valence-electron chi connectivity index (χ3n) is 3.60. The number of hydrogen-bond donors (Lipinski definition) is 2. The lowest BCUT2D eigenvalue weighted by Gasteiger charge is -2.33. The Balaban J connectivity index is 1.71. The Kier molecular flexibility index (Phi) is 4.30. The van der Waals surface area contributed by atoms with Crippen LogP contribution in [0, 0.1) is 0 Å². The first-order valence-corrected chi connectivity index (χ1v) is 6.97. The van der Waals surface area contributed by atoms with Gasteiger partial charge in [0.1, 0.15) is 11.9 Å². The standard InChI is InChI=1S/C14H16F2N4O2/c15-12(16)7-20-3-4-22-8-11(20)14(21)19-13-5-9-1-2-17-10(9)6-18-13/h1-2,5-6,11-12,17H,3-4,7-8H2,(H,18,19,21). The maximum Gasteiger partial charge on any atom is 0.251 e. The van der Waals surface area contributed by atoms with Crippen molar-refractivity contribution in [1.82, 2.24) is 14.9 Å². The molecule has 0 aliphatic carbocycles. The SMILES string of the molecule is O=C(Nc1cc2cc[nH]c2cn1)C1COCCN1CC(F)F. The molecule has 3 rings (SSSR count). The highest BCUT2D eigenvalue weighted by Crippen LogP contribution is 2.16. The summed E-state index contributed by atoms with van der Waals surface area (Å²) in [5.74, 6) is 0.00223. The summed E-state index contributed by atoms with van der Waals surface area (Å²) in [7, 11) is 0. The number of hydrogen-bond acceptors (Lipinski definition) is 4. The number of pyridine rings is 1. The summed E-state index contributed by atoms with van der Waals surface area (Å²) in [4.78, 5) is 20.9. The number of carbonyl (C=O) groups is 1. The minimum absolute atomic E-state index is 0.102. The van der Waals surface area contributed by atoms with Gasteiger partial charge in [0.25, 0.3) is 6.43 Å². The summed E-state index contributed by atoms with van der Waals surface area (Å²) in [5.41, 5.74) is 0.860. The summed E-state index contributed by atoms with van der Waals surface area (Å²) in [6.45, 7) is 0.327. The number of aromatic amines is 1. The fourth-order valence-corrected chi connectivity index (χ4v) is 2.50. The number of carbonyl (C=O) groups excluding carboxylic acids is 1. The van der Waals surface area contributed by atoms with E-state index in [-0.39, 0.29) is 12.5 Å². The fraction of sp³-hybridized carbons (Fsp3) is 0.429. The van der Waals surface area contributed by atoms with Crippen molar-refractivity contribution in [3.8, 4) is 0 Å². The van der Waals surface area contributed by atoms with Crippen LogP contribution in [0.2, 0.25) is 0 Å². The van der Waals surface area contributed by atoms with Gasteiger partial charge in [-0.25, -0.2) is 13.8 Å². The number of nitrogens with zero attached hydrogens (tertiary/aromatic N) is 2. The predicted molar refractivity (Wildman–Crippen MR) is 76.9 cm³/mol. The zero-order valence-corrected chi connectivity index (χ0v) is 11.8. The van der Waals surface area contributed by atoms with Crippen molar-refractivity contribution >= 4 is 22.6 Å². The number of morpholine rings is 1. The summed E-state index contributed by atoms with van der Waals surface area (Å²) < 4.78 is 30.4. The van der Waals surface area contributed by atoms with Gasteiger partial charge in [0.2, 0.25) is 5.91 Å². The van der Waals surface area contributed by atoms with E-state index in [2.05, 4.69) is 15.3 Å². The van der Waals surface area contributed by atoms with Gasteiger partial charge in [0.15, 0.2) is 0 Å². The van der Waals surface area contributed by atoms with Crippen LogP contribution in [0.4, 0.5) is 14.6 Å². The molecule has 2 aromatic heterocycles. The highest BCUT2D eigenvalue weighted by molar-refractivity contribution is 5.95. The molecule has 1 atom stereocenters. The van der Waals surface area contributed by atoms with E-state index in [1.165, 1.54) is 4.90 Å². The number of ether oxygens (including phenoxy) is 1. The van der Waals surface area contributed by atoms with E-state index >= 15 is 0 Å². The maximum absolute atomic E-state index is 12.6. The molecule has 0 saturated carbocycles. The maximum atomic E-state index is 12.6. The number of anilines is 1. The largest absolute Gasteiger partial charge is 0.378 e. The Morgan fingerprint density at radius 1 is 1.59 bits per heavy atom. The summed E-state index contributed by atoms with van der Waals surface area (Å²) in [6, 6.07) is 2.86. The number of nitrogens with one attached hydrogen (secondary N) is 2. The molecule has 1 unspecified atom stereocenters. The van der Waals surface area contributed by atoms with Gasteiger partial charge in [-0.1, -0.05) is 0 Å². The van der Waals surface area contributed by atoms with E-state index in [9.17, 15) is 13.6 Å². The van der Waals surface area contributed by atoms with E-state index in [0.29, 0.717) is 19.0 Å². The molecular weight excluding hydrogens is 294 g/mol. The third kappa shape index (κ3) is 3.23. The van der Waals surface area contributed by atoms with Crippen molar-refractivity contribution in [2.75, 3.05) is 31.6 Å². The molecular formula is C14H16F2N4O2. The number of H-pyrrole nitrogens is 1. The predicted octanol–water partition coefficient (Wildman–Crippen LogP) is 1.47. The molecule has 2 N–H and O–H groups in total. The number of aromatic nitrogens is 2. The van der Waals surface area contributed by atoms with Crippen LogP contribution in [0.5, 0.6) is 0 Å². The molecule has 22 heavy (non-hydrogen) atoms. The van der Waals surface area contributed by atoms with Gasteiger partial charge in [-0.2, -0.15) is 0 Å². The van der Waals surface area contributed by atoms with Gasteiger partial charge in [-0.3, -0.25) is 9.69 Å². The van der Waals surface area contributed by atoms with Crippen LogP contribution in [-0.2, 0) is 9.53 Å². The average Bonchev–Trinajstić information content (AvgIpc) is 2.94. The van der Waals surface area contributed by atoms with E-state index in [1.807, 2.05) is 6.07 Å². The number of alkyl halides is 2. The van der Waals surface area contributed by atoms with Gasteiger partial charge in [-0.05, 0) is 12.1 Å². The van der Waals surface area contributed by atoms with Crippen LogP contribution in [0.1, 0.15) is 0 Å². The molecule has 0 radical (unpaired) electrons. The molecule has 3 heterocycles. The average molecular weight is 310 g/mol. The smallest absolute Gasteiger partial charge is 0.251 e. The molecule has 2 aromatic rings. The van der Waals surface area contributed by atoms with Gasteiger partial charge in [-0.15, -0.1) is 0 Å². The minimum Gasteiger partial charge on any atom is -0.378 e. The summed E-state index contributed by atoms with van der Waals surface area (Å²) in [5, 5.41) is 3.58. The van der Waals surface area contributed by atoms with Crippen LogP contribution in [0.3, 0.4) is 0 Å². The lowest BCUT2D eigenvalue weighted by molar-refractivity contribution is -0.128. The summed E-state index contributed by atoms with van der Waals surface area (Å²) in [6.07, 6.45) is 0.902. The molecule has 1 fully saturated rings. The Hall–Kier alpha value is -2.06. The molecule has 1 amide bonds. The van der Waals surface area contributed by atoms with Crippen molar-refractivity contribution in [3.05, 3.63) is 24.5 Å². The second-order valence-corrected chi connectivity index (χ2v) is 5.10. The van der Waals surface area contributed by atoms with Crippen molar-refractivity contribution < 1.29 is 18.3 Å². The van der Waals surface area contributed by atoms with Crippen molar-refractivity contribution in [2.24, 2.45) is 0 Å². The van der Waals surface area contributed by atoms with Crippen LogP contribution in [-0.4, -0.2) is 59.5 Å². The van der Waals surface area contributed by atoms with Crippen LogP contribution >= 0.6 is 0 Å². The molecule has 6 nitrogen and oxygen atoms in total. The minimum atomic E-state index is -2.48. The lowest BCUT2D eigenvalue weighted by Crippen LogP contribution is -2.53. The van der Waals surface area contributed by atoms with Gasteiger partial charge in [0, 0.05) is 18.1 Å². The first kappa shape index (κ1) is 14.9. The molecule has 8 heteroatoms. The number of halogens is 2. The third-order valence-corrected chi connectivity index (χ3v) is 3.60. The first-order chi connectivity index (χ1) is 10.6. The second-order valence-electron chi connectivity index (χ2n) is 5.10. The molecule has 0 spiro atoms. The zero-order chi connectivity index (χ0) is 15.5. The summed E-state index contributed by atoms with van der Waals surface area (Å²) >= 11 is 0. The van der Waals surface area contributed by atoms with Gasteiger partial charge in [0.05, 0.1) is 31.5 Å². The zero-order valence-electron chi connectivity index (χ0n) is 11.8. The Morgan fingerprint density at radius 3 is 3.27 bits per heavy atom. The first-order valence-electron chi connectivity index (χ1n) is 6.97. The molecule has 1 aliphatic rings.